The molecule has 0 spiro atoms. The van der Waals surface area contributed by atoms with Crippen molar-refractivity contribution in [1.29, 1.82) is 0 Å². The molecule has 0 heterocycles. The van der Waals surface area contributed by atoms with E-state index in [0.29, 0.717) is 13.2 Å². The van der Waals surface area contributed by atoms with Crippen molar-refractivity contribution in [3.05, 3.63) is 60.2 Å². The molecule has 0 aliphatic heterocycles. The molecule has 2 N–H and O–H groups in total. The second-order valence-electron chi connectivity index (χ2n) is 4.37. The molecule has 2 aromatic rings. The topological polar surface area (TPSA) is 44.5 Å². The second-order valence-corrected chi connectivity index (χ2v) is 4.37. The number of para-hydroxylation sites is 1. The van der Waals surface area contributed by atoms with Gasteiger partial charge in [0.05, 0.1) is 0 Å². The van der Waals surface area contributed by atoms with E-state index >= 15 is 0 Å². The van der Waals surface area contributed by atoms with Crippen molar-refractivity contribution < 1.29 is 9.47 Å². The molecule has 0 fully saturated rings. The van der Waals surface area contributed by atoms with Gasteiger partial charge in [0, 0.05) is 6.04 Å². The first-order valence-corrected chi connectivity index (χ1v) is 6.42. The molecule has 2 rings (SSSR count). The van der Waals surface area contributed by atoms with E-state index in [1.54, 1.807) is 0 Å². The summed E-state index contributed by atoms with van der Waals surface area (Å²) in [4.78, 5) is 0. The van der Waals surface area contributed by atoms with Crippen LogP contribution < -0.4 is 15.2 Å². The summed E-state index contributed by atoms with van der Waals surface area (Å²) < 4.78 is 11.1. The molecule has 3 nitrogen and oxygen atoms in total. The zero-order valence-electron chi connectivity index (χ0n) is 11.1. The average molecular weight is 257 g/mol. The average Bonchev–Trinajstić information content (AvgIpc) is 2.45. The molecule has 0 unspecified atom stereocenters. The van der Waals surface area contributed by atoms with E-state index in [0.717, 1.165) is 17.1 Å². The van der Waals surface area contributed by atoms with Crippen molar-refractivity contribution in [2.75, 3.05) is 13.2 Å². The van der Waals surface area contributed by atoms with Crippen molar-refractivity contribution in [3.8, 4) is 11.5 Å². The number of rotatable bonds is 6. The molecule has 0 aliphatic carbocycles. The van der Waals surface area contributed by atoms with Gasteiger partial charge in [-0.2, -0.15) is 0 Å². The molecule has 2 aromatic carbocycles. The van der Waals surface area contributed by atoms with Crippen LogP contribution in [-0.2, 0) is 0 Å². The zero-order valence-corrected chi connectivity index (χ0v) is 11.1. The molecular weight excluding hydrogens is 238 g/mol. The maximum atomic E-state index is 5.79. The van der Waals surface area contributed by atoms with Crippen molar-refractivity contribution in [2.45, 2.75) is 13.0 Å². The SMILES string of the molecule is C[C@@H](N)c1ccc(OCCOc2ccccc2)cc1. The van der Waals surface area contributed by atoms with E-state index in [1.165, 1.54) is 0 Å². The second kappa shape index (κ2) is 6.81. The summed E-state index contributed by atoms with van der Waals surface area (Å²) in [6.45, 7) is 3.01. The number of nitrogens with two attached hydrogens (primary N) is 1. The Bertz CT molecular complexity index is 480. The van der Waals surface area contributed by atoms with Crippen LogP contribution in [0, 0.1) is 0 Å². The monoisotopic (exact) mass is 257 g/mol. The van der Waals surface area contributed by atoms with E-state index in [9.17, 15) is 0 Å². The Kier molecular flexibility index (Phi) is 4.81. The highest BCUT2D eigenvalue weighted by Crippen LogP contribution is 2.16. The Balaban J connectivity index is 1.74. The normalized spacial score (nSPS) is 11.9. The van der Waals surface area contributed by atoms with Gasteiger partial charge in [0.15, 0.2) is 0 Å². The maximum absolute atomic E-state index is 5.79. The van der Waals surface area contributed by atoms with Gasteiger partial charge >= 0.3 is 0 Å². The van der Waals surface area contributed by atoms with Gasteiger partial charge < -0.3 is 15.2 Å². The van der Waals surface area contributed by atoms with Crippen LogP contribution in [0.2, 0.25) is 0 Å². The first kappa shape index (κ1) is 13.4. The molecule has 0 aliphatic rings. The Morgan fingerprint density at radius 2 is 1.37 bits per heavy atom. The lowest BCUT2D eigenvalue weighted by molar-refractivity contribution is 0.217. The summed E-state index contributed by atoms with van der Waals surface area (Å²) in [5, 5.41) is 0. The smallest absolute Gasteiger partial charge is 0.122 e. The van der Waals surface area contributed by atoms with E-state index in [2.05, 4.69) is 0 Å². The third-order valence-corrected chi connectivity index (χ3v) is 2.77. The molecule has 0 bridgehead atoms. The van der Waals surface area contributed by atoms with Gasteiger partial charge in [0.2, 0.25) is 0 Å². The summed E-state index contributed by atoms with van der Waals surface area (Å²) in [7, 11) is 0. The van der Waals surface area contributed by atoms with Crippen LogP contribution in [0.3, 0.4) is 0 Å². The van der Waals surface area contributed by atoms with Crippen LogP contribution in [0.1, 0.15) is 18.5 Å². The van der Waals surface area contributed by atoms with E-state index in [4.69, 9.17) is 15.2 Å². The minimum absolute atomic E-state index is 0.0514. The summed E-state index contributed by atoms with van der Waals surface area (Å²) >= 11 is 0. The van der Waals surface area contributed by atoms with Crippen LogP contribution in [0.5, 0.6) is 11.5 Å². The minimum atomic E-state index is 0.0514. The lowest BCUT2D eigenvalue weighted by Crippen LogP contribution is -2.09. The Hall–Kier alpha value is -2.00. The Morgan fingerprint density at radius 1 is 0.842 bits per heavy atom. The van der Waals surface area contributed by atoms with Crippen LogP contribution in [0.4, 0.5) is 0 Å². The maximum Gasteiger partial charge on any atom is 0.122 e. The van der Waals surface area contributed by atoms with Gasteiger partial charge in [-0.15, -0.1) is 0 Å². The molecule has 0 amide bonds. The highest BCUT2D eigenvalue weighted by Gasteiger charge is 1.99. The fourth-order valence-electron chi connectivity index (χ4n) is 1.70. The third kappa shape index (κ3) is 4.30. The molecule has 0 saturated carbocycles. The molecule has 0 aromatic heterocycles. The highest BCUT2D eigenvalue weighted by atomic mass is 16.5. The molecule has 3 heteroatoms. The lowest BCUT2D eigenvalue weighted by atomic mass is 10.1. The van der Waals surface area contributed by atoms with Gasteiger partial charge in [-0.3, -0.25) is 0 Å². The van der Waals surface area contributed by atoms with Crippen molar-refractivity contribution in [2.24, 2.45) is 5.73 Å². The minimum Gasteiger partial charge on any atom is -0.490 e. The van der Waals surface area contributed by atoms with Gasteiger partial charge in [-0.05, 0) is 36.8 Å². The molecule has 19 heavy (non-hydrogen) atoms. The molecule has 0 saturated heterocycles. The molecule has 1 atom stereocenters. The molecular formula is C16H19NO2. The summed E-state index contributed by atoms with van der Waals surface area (Å²) in [6, 6.07) is 17.6. The number of hydrogen-bond donors (Lipinski definition) is 1. The fraction of sp³-hybridized carbons (Fsp3) is 0.250. The zero-order chi connectivity index (χ0) is 13.5. The summed E-state index contributed by atoms with van der Waals surface area (Å²) in [5.41, 5.74) is 6.89. The van der Waals surface area contributed by atoms with E-state index < -0.39 is 0 Å². The van der Waals surface area contributed by atoms with Crippen molar-refractivity contribution in [1.82, 2.24) is 0 Å². The van der Waals surface area contributed by atoms with E-state index in [1.807, 2.05) is 61.5 Å². The quantitative estimate of drug-likeness (QED) is 0.808. The summed E-state index contributed by atoms with van der Waals surface area (Å²) in [6.07, 6.45) is 0. The standard InChI is InChI=1S/C16H19NO2/c1-13(17)14-7-9-16(10-8-14)19-12-11-18-15-5-3-2-4-6-15/h2-10,13H,11-12,17H2,1H3/t13-/m1/s1. The van der Waals surface area contributed by atoms with Gasteiger partial charge in [0.25, 0.3) is 0 Å². The third-order valence-electron chi connectivity index (χ3n) is 2.77. The lowest BCUT2D eigenvalue weighted by Gasteiger charge is -2.10. The molecule has 0 radical (unpaired) electrons. The number of ether oxygens (including phenoxy) is 2. The number of benzene rings is 2. The predicted molar refractivity (Wildman–Crippen MR) is 76.5 cm³/mol. The van der Waals surface area contributed by atoms with Crippen LogP contribution in [0.25, 0.3) is 0 Å². The van der Waals surface area contributed by atoms with Gasteiger partial charge in [-0.25, -0.2) is 0 Å². The largest absolute Gasteiger partial charge is 0.490 e. The van der Waals surface area contributed by atoms with E-state index in [-0.39, 0.29) is 6.04 Å². The van der Waals surface area contributed by atoms with Crippen LogP contribution >= 0.6 is 0 Å². The van der Waals surface area contributed by atoms with Gasteiger partial charge in [-0.1, -0.05) is 30.3 Å². The fourth-order valence-corrected chi connectivity index (χ4v) is 1.70. The highest BCUT2D eigenvalue weighted by molar-refractivity contribution is 5.28. The van der Waals surface area contributed by atoms with Crippen LogP contribution in [0.15, 0.2) is 54.6 Å². The Morgan fingerprint density at radius 3 is 1.89 bits per heavy atom. The Labute approximate surface area is 114 Å². The van der Waals surface area contributed by atoms with Crippen LogP contribution in [-0.4, -0.2) is 13.2 Å². The molecule has 100 valence electrons. The predicted octanol–water partition coefficient (Wildman–Crippen LogP) is 3.16. The first-order valence-electron chi connectivity index (χ1n) is 6.42. The summed E-state index contributed by atoms with van der Waals surface area (Å²) in [5.74, 6) is 1.69. The van der Waals surface area contributed by atoms with Crippen molar-refractivity contribution >= 4 is 0 Å². The first-order chi connectivity index (χ1) is 9.25. The van der Waals surface area contributed by atoms with Gasteiger partial charge in [0.1, 0.15) is 24.7 Å². The number of hydrogen-bond acceptors (Lipinski definition) is 3. The van der Waals surface area contributed by atoms with Crippen molar-refractivity contribution in [3.63, 3.8) is 0 Å².